The second-order valence-electron chi connectivity index (χ2n) is 5.75. The van der Waals surface area contributed by atoms with E-state index < -0.39 is 11.7 Å². The van der Waals surface area contributed by atoms with Crippen molar-refractivity contribution in [1.29, 1.82) is 0 Å². The molecule has 5 nitrogen and oxygen atoms in total. The summed E-state index contributed by atoms with van der Waals surface area (Å²) in [6.45, 7) is 3.19. The molecule has 0 aromatic heterocycles. The number of phenolic OH excluding ortho intramolecular Hbond substituents is 1. The molecule has 0 saturated heterocycles. The van der Waals surface area contributed by atoms with Gasteiger partial charge in [0.1, 0.15) is 0 Å². The summed E-state index contributed by atoms with van der Waals surface area (Å²) >= 11 is 0. The minimum absolute atomic E-state index is 0. The van der Waals surface area contributed by atoms with E-state index in [1.54, 1.807) is 18.2 Å². The van der Waals surface area contributed by atoms with Gasteiger partial charge in [-0.2, -0.15) is 13.2 Å². The van der Waals surface area contributed by atoms with Crippen molar-refractivity contribution in [1.82, 2.24) is 10.6 Å². The van der Waals surface area contributed by atoms with Gasteiger partial charge >= 0.3 is 6.18 Å². The summed E-state index contributed by atoms with van der Waals surface area (Å²) in [5.74, 6) is 0.940. The first-order valence-electron chi connectivity index (χ1n) is 8.37. The number of methoxy groups -OCH3 is 1. The summed E-state index contributed by atoms with van der Waals surface area (Å²) in [6.07, 6.45) is -4.34. The number of ether oxygens (including phenoxy) is 1. The number of rotatable bonds is 6. The lowest BCUT2D eigenvalue weighted by Crippen LogP contribution is -2.36. The van der Waals surface area contributed by atoms with Gasteiger partial charge in [0.05, 0.1) is 19.2 Å². The molecule has 9 heteroatoms. The van der Waals surface area contributed by atoms with Crippen molar-refractivity contribution >= 4 is 29.9 Å². The van der Waals surface area contributed by atoms with Crippen LogP contribution in [-0.2, 0) is 19.3 Å². The Balaban J connectivity index is 0.00000392. The van der Waals surface area contributed by atoms with E-state index >= 15 is 0 Å². The highest BCUT2D eigenvalue weighted by Gasteiger charge is 2.29. The van der Waals surface area contributed by atoms with Gasteiger partial charge in [0, 0.05) is 13.1 Å². The molecule has 0 saturated carbocycles. The Morgan fingerprint density at radius 1 is 1.07 bits per heavy atom. The predicted octanol–water partition coefficient (Wildman–Crippen LogP) is 4.29. The van der Waals surface area contributed by atoms with E-state index in [4.69, 9.17) is 4.74 Å². The van der Waals surface area contributed by atoms with E-state index in [2.05, 4.69) is 15.6 Å². The summed E-state index contributed by atoms with van der Waals surface area (Å²) in [7, 11) is 1.47. The SMILES string of the molecule is CCNC(=NCc1ccc(OC)c(O)c1)NCc1ccc(C(F)(F)F)cc1.I. The quantitative estimate of drug-likeness (QED) is 0.309. The van der Waals surface area contributed by atoms with Crippen molar-refractivity contribution in [3.63, 3.8) is 0 Å². The number of aliphatic imine (C=N–C) groups is 1. The molecule has 154 valence electrons. The first-order chi connectivity index (χ1) is 12.8. The number of aromatic hydroxyl groups is 1. The highest BCUT2D eigenvalue weighted by Crippen LogP contribution is 2.29. The smallest absolute Gasteiger partial charge is 0.416 e. The van der Waals surface area contributed by atoms with Crippen LogP contribution in [0.15, 0.2) is 47.5 Å². The Hall–Kier alpha value is -2.17. The molecular weight excluding hydrogens is 486 g/mol. The second-order valence-corrected chi connectivity index (χ2v) is 5.75. The monoisotopic (exact) mass is 509 g/mol. The third-order valence-corrected chi connectivity index (χ3v) is 3.75. The lowest BCUT2D eigenvalue weighted by atomic mass is 10.1. The molecule has 28 heavy (non-hydrogen) atoms. The molecule has 0 heterocycles. The number of hydrogen-bond donors (Lipinski definition) is 3. The molecule has 2 aromatic rings. The molecule has 0 spiro atoms. The molecule has 0 atom stereocenters. The lowest BCUT2D eigenvalue weighted by Gasteiger charge is -2.12. The van der Waals surface area contributed by atoms with Crippen LogP contribution in [0.25, 0.3) is 0 Å². The zero-order valence-corrected chi connectivity index (χ0v) is 17.8. The summed E-state index contributed by atoms with van der Waals surface area (Å²) in [5, 5.41) is 15.9. The number of benzene rings is 2. The Morgan fingerprint density at radius 2 is 1.71 bits per heavy atom. The molecule has 2 rings (SSSR count). The van der Waals surface area contributed by atoms with Crippen molar-refractivity contribution in [3.8, 4) is 11.5 Å². The van der Waals surface area contributed by atoms with E-state index in [1.807, 2.05) is 6.92 Å². The molecule has 3 N–H and O–H groups in total. The van der Waals surface area contributed by atoms with Crippen molar-refractivity contribution in [2.45, 2.75) is 26.2 Å². The fraction of sp³-hybridized carbons (Fsp3) is 0.316. The van der Waals surface area contributed by atoms with Crippen LogP contribution in [-0.4, -0.2) is 24.7 Å². The zero-order chi connectivity index (χ0) is 19.9. The predicted molar refractivity (Wildman–Crippen MR) is 113 cm³/mol. The molecule has 0 bridgehead atoms. The summed E-state index contributed by atoms with van der Waals surface area (Å²) in [4.78, 5) is 4.41. The minimum atomic E-state index is -4.34. The van der Waals surface area contributed by atoms with Crippen LogP contribution in [0, 0.1) is 0 Å². The van der Waals surface area contributed by atoms with Crippen molar-refractivity contribution in [2.75, 3.05) is 13.7 Å². The fourth-order valence-electron chi connectivity index (χ4n) is 2.34. The number of nitrogens with zero attached hydrogens (tertiary/aromatic N) is 1. The molecule has 0 unspecified atom stereocenters. The first-order valence-corrected chi connectivity index (χ1v) is 8.37. The number of nitrogens with one attached hydrogen (secondary N) is 2. The molecule has 0 radical (unpaired) electrons. The van der Waals surface area contributed by atoms with Crippen molar-refractivity contribution in [2.24, 2.45) is 4.99 Å². The van der Waals surface area contributed by atoms with Gasteiger partial charge in [-0.15, -0.1) is 24.0 Å². The maximum atomic E-state index is 12.6. The number of hydrogen-bond acceptors (Lipinski definition) is 3. The molecule has 2 aromatic carbocycles. The normalized spacial score (nSPS) is 11.5. The van der Waals surface area contributed by atoms with Gasteiger partial charge in [-0.3, -0.25) is 0 Å². The molecular formula is C19H23F3IN3O2. The third kappa shape index (κ3) is 7.10. The van der Waals surface area contributed by atoms with E-state index in [0.29, 0.717) is 36.9 Å². The highest BCUT2D eigenvalue weighted by atomic mass is 127. The Labute approximate surface area is 179 Å². The van der Waals surface area contributed by atoms with Crippen molar-refractivity contribution < 1.29 is 23.0 Å². The van der Waals surface area contributed by atoms with Crippen molar-refractivity contribution in [3.05, 3.63) is 59.2 Å². The van der Waals surface area contributed by atoms with Gasteiger partial charge in [0.25, 0.3) is 0 Å². The average Bonchev–Trinajstić information content (AvgIpc) is 2.63. The Morgan fingerprint density at radius 3 is 2.25 bits per heavy atom. The number of guanidine groups is 1. The molecule has 0 amide bonds. The van der Waals surface area contributed by atoms with Crippen LogP contribution in [0.5, 0.6) is 11.5 Å². The first kappa shape index (κ1) is 23.9. The lowest BCUT2D eigenvalue weighted by molar-refractivity contribution is -0.137. The summed E-state index contributed by atoms with van der Waals surface area (Å²) < 4.78 is 42.8. The number of halogens is 4. The van der Waals surface area contributed by atoms with Crippen LogP contribution in [0.4, 0.5) is 13.2 Å². The van der Waals surface area contributed by atoms with Gasteiger partial charge < -0.3 is 20.5 Å². The van der Waals surface area contributed by atoms with E-state index in [1.165, 1.54) is 19.2 Å². The standard InChI is InChI=1S/C19H22F3N3O2.HI/c1-3-23-18(25-12-14-6-9-17(27-2)16(26)10-14)24-11-13-4-7-15(8-5-13)19(20,21)22;/h4-10,26H,3,11-12H2,1-2H3,(H2,23,24,25);1H. The van der Waals surface area contributed by atoms with E-state index in [-0.39, 0.29) is 29.7 Å². The topological polar surface area (TPSA) is 65.9 Å². The average molecular weight is 509 g/mol. The second kappa shape index (κ2) is 11.0. The number of phenols is 1. The Kier molecular flexibility index (Phi) is 9.36. The van der Waals surface area contributed by atoms with Gasteiger partial charge in [0.2, 0.25) is 0 Å². The molecule has 0 fully saturated rings. The van der Waals surface area contributed by atoms with E-state index in [0.717, 1.165) is 17.7 Å². The fourth-order valence-corrected chi connectivity index (χ4v) is 2.34. The van der Waals surface area contributed by atoms with Crippen LogP contribution in [0.1, 0.15) is 23.6 Å². The van der Waals surface area contributed by atoms with Gasteiger partial charge in [0.15, 0.2) is 17.5 Å². The summed E-state index contributed by atoms with van der Waals surface area (Å²) in [6, 6.07) is 10.00. The maximum absolute atomic E-state index is 12.6. The molecule has 0 aliphatic heterocycles. The van der Waals surface area contributed by atoms with Gasteiger partial charge in [-0.1, -0.05) is 18.2 Å². The van der Waals surface area contributed by atoms with Crippen LogP contribution in [0.2, 0.25) is 0 Å². The van der Waals surface area contributed by atoms with Gasteiger partial charge in [-0.05, 0) is 42.3 Å². The van der Waals surface area contributed by atoms with Crippen LogP contribution < -0.4 is 15.4 Å². The van der Waals surface area contributed by atoms with Crippen LogP contribution in [0.3, 0.4) is 0 Å². The molecule has 0 aliphatic rings. The highest BCUT2D eigenvalue weighted by molar-refractivity contribution is 14.0. The molecule has 0 aliphatic carbocycles. The third-order valence-electron chi connectivity index (χ3n) is 3.75. The van der Waals surface area contributed by atoms with Crippen LogP contribution >= 0.6 is 24.0 Å². The largest absolute Gasteiger partial charge is 0.504 e. The minimum Gasteiger partial charge on any atom is -0.504 e. The summed E-state index contributed by atoms with van der Waals surface area (Å²) in [5.41, 5.74) is 0.821. The Bertz CT molecular complexity index is 781. The number of alkyl halides is 3. The van der Waals surface area contributed by atoms with E-state index in [9.17, 15) is 18.3 Å². The zero-order valence-electron chi connectivity index (χ0n) is 15.5. The van der Waals surface area contributed by atoms with Gasteiger partial charge in [-0.25, -0.2) is 4.99 Å². The maximum Gasteiger partial charge on any atom is 0.416 e.